The first kappa shape index (κ1) is 16.3. The third-order valence-corrected chi connectivity index (χ3v) is 3.50. The second-order valence-electron chi connectivity index (χ2n) is 5.10. The molecule has 1 aliphatic heterocycles. The van der Waals surface area contributed by atoms with Gasteiger partial charge in [0, 0.05) is 19.0 Å². The summed E-state index contributed by atoms with van der Waals surface area (Å²) < 4.78 is 0. The summed E-state index contributed by atoms with van der Waals surface area (Å²) in [6.07, 6.45) is 8.70. The number of carbonyl (C=O) groups excluding carboxylic acids is 1. The number of hydrogen-bond donors (Lipinski definition) is 3. The number of amides is 2. The Morgan fingerprint density at radius 3 is 2.55 bits per heavy atom. The smallest absolute Gasteiger partial charge is 0.327 e. The van der Waals surface area contributed by atoms with Gasteiger partial charge in [-0.3, -0.25) is 4.90 Å². The molecule has 1 aliphatic rings. The number of urea groups is 1. The SMILES string of the molecule is C#CCC(NC(=O)NCC(C)N1CCCCC1)C(=O)O. The maximum Gasteiger partial charge on any atom is 0.327 e. The average Bonchev–Trinajstić information content (AvgIpc) is 2.45. The lowest BCUT2D eigenvalue weighted by molar-refractivity contribution is -0.139. The van der Waals surface area contributed by atoms with Gasteiger partial charge < -0.3 is 15.7 Å². The standard InChI is InChI=1S/C14H23N3O3/c1-3-7-12(13(18)19)16-14(20)15-10-11(2)17-8-5-4-6-9-17/h1,11-12H,4-10H2,2H3,(H,18,19)(H2,15,16,20). The van der Waals surface area contributed by atoms with Gasteiger partial charge in [0.15, 0.2) is 0 Å². The molecule has 0 radical (unpaired) electrons. The van der Waals surface area contributed by atoms with Crippen LogP contribution < -0.4 is 10.6 Å². The molecule has 1 fully saturated rings. The van der Waals surface area contributed by atoms with Gasteiger partial charge in [-0.1, -0.05) is 6.42 Å². The Morgan fingerprint density at radius 2 is 2.00 bits per heavy atom. The van der Waals surface area contributed by atoms with Crippen molar-refractivity contribution in [3.05, 3.63) is 0 Å². The summed E-state index contributed by atoms with van der Waals surface area (Å²) in [5.41, 5.74) is 0. The molecule has 1 saturated heterocycles. The zero-order valence-corrected chi connectivity index (χ0v) is 11.9. The fraction of sp³-hybridized carbons (Fsp3) is 0.714. The molecule has 112 valence electrons. The highest BCUT2D eigenvalue weighted by molar-refractivity contribution is 5.82. The first-order valence-corrected chi connectivity index (χ1v) is 6.99. The van der Waals surface area contributed by atoms with Gasteiger partial charge >= 0.3 is 12.0 Å². The van der Waals surface area contributed by atoms with Gasteiger partial charge in [0.05, 0.1) is 0 Å². The molecule has 2 atom stereocenters. The fourth-order valence-electron chi connectivity index (χ4n) is 2.26. The van der Waals surface area contributed by atoms with Crippen LogP contribution in [0.15, 0.2) is 0 Å². The second kappa shape index (κ2) is 8.43. The Balaban J connectivity index is 2.31. The number of piperidine rings is 1. The van der Waals surface area contributed by atoms with Crippen molar-refractivity contribution in [2.24, 2.45) is 0 Å². The fourth-order valence-corrected chi connectivity index (χ4v) is 2.26. The predicted octanol–water partition coefficient (Wildman–Crippen LogP) is 0.636. The van der Waals surface area contributed by atoms with E-state index in [1.54, 1.807) is 0 Å². The van der Waals surface area contributed by atoms with Crippen LogP contribution in [0.5, 0.6) is 0 Å². The van der Waals surface area contributed by atoms with Gasteiger partial charge in [-0.25, -0.2) is 9.59 Å². The largest absolute Gasteiger partial charge is 0.480 e. The topological polar surface area (TPSA) is 81.7 Å². The lowest BCUT2D eigenvalue weighted by Gasteiger charge is -2.32. The highest BCUT2D eigenvalue weighted by Gasteiger charge is 2.20. The van der Waals surface area contributed by atoms with E-state index < -0.39 is 18.0 Å². The Bertz CT molecular complexity index is 372. The van der Waals surface area contributed by atoms with E-state index in [0.29, 0.717) is 6.54 Å². The normalized spacial score (nSPS) is 18.6. The van der Waals surface area contributed by atoms with E-state index in [1.807, 2.05) is 0 Å². The van der Waals surface area contributed by atoms with Gasteiger partial charge in [-0.2, -0.15) is 0 Å². The maximum absolute atomic E-state index is 11.6. The number of carbonyl (C=O) groups is 2. The molecular formula is C14H23N3O3. The number of carboxylic acids is 1. The Morgan fingerprint density at radius 1 is 1.35 bits per heavy atom. The molecule has 1 rings (SSSR count). The van der Waals surface area contributed by atoms with Crippen LogP contribution in [0.4, 0.5) is 4.79 Å². The lowest BCUT2D eigenvalue weighted by atomic mass is 10.1. The molecule has 0 bridgehead atoms. The van der Waals surface area contributed by atoms with Gasteiger partial charge in [0.1, 0.15) is 6.04 Å². The first-order chi connectivity index (χ1) is 9.54. The molecule has 1 heterocycles. The number of aliphatic carboxylic acids is 1. The van der Waals surface area contributed by atoms with E-state index in [-0.39, 0.29) is 12.5 Å². The molecule has 6 nitrogen and oxygen atoms in total. The molecule has 0 aromatic carbocycles. The number of nitrogens with zero attached hydrogens (tertiary/aromatic N) is 1. The van der Waals surface area contributed by atoms with Crippen molar-refractivity contribution >= 4 is 12.0 Å². The summed E-state index contributed by atoms with van der Waals surface area (Å²) in [6.45, 7) is 4.66. The quantitative estimate of drug-likeness (QED) is 0.624. The minimum Gasteiger partial charge on any atom is -0.480 e. The zero-order valence-electron chi connectivity index (χ0n) is 11.9. The second-order valence-corrected chi connectivity index (χ2v) is 5.10. The van der Waals surface area contributed by atoms with E-state index >= 15 is 0 Å². The van der Waals surface area contributed by atoms with Gasteiger partial charge in [-0.15, -0.1) is 12.3 Å². The van der Waals surface area contributed by atoms with Gasteiger partial charge in [0.25, 0.3) is 0 Å². The first-order valence-electron chi connectivity index (χ1n) is 6.99. The highest BCUT2D eigenvalue weighted by atomic mass is 16.4. The van der Waals surface area contributed by atoms with E-state index in [4.69, 9.17) is 11.5 Å². The van der Waals surface area contributed by atoms with E-state index in [0.717, 1.165) is 13.1 Å². The van der Waals surface area contributed by atoms with Crippen molar-refractivity contribution in [2.75, 3.05) is 19.6 Å². The molecule has 2 amide bonds. The van der Waals surface area contributed by atoms with Crippen LogP contribution in [-0.2, 0) is 4.79 Å². The van der Waals surface area contributed by atoms with E-state index in [1.165, 1.54) is 19.3 Å². The third kappa shape index (κ3) is 5.49. The summed E-state index contributed by atoms with van der Waals surface area (Å²) in [7, 11) is 0. The molecule has 0 aliphatic carbocycles. The molecular weight excluding hydrogens is 258 g/mol. The van der Waals surface area contributed by atoms with Crippen molar-refractivity contribution in [3.8, 4) is 12.3 Å². The van der Waals surface area contributed by atoms with Crippen molar-refractivity contribution in [1.29, 1.82) is 0 Å². The average molecular weight is 281 g/mol. The van der Waals surface area contributed by atoms with Crippen LogP contribution >= 0.6 is 0 Å². The number of nitrogens with one attached hydrogen (secondary N) is 2. The lowest BCUT2D eigenvalue weighted by Crippen LogP contribution is -2.50. The monoisotopic (exact) mass is 281 g/mol. The number of terminal acetylenes is 1. The molecule has 6 heteroatoms. The number of carboxylic acid groups (broad SMARTS) is 1. The minimum absolute atomic E-state index is 0.0234. The molecule has 2 unspecified atom stereocenters. The third-order valence-electron chi connectivity index (χ3n) is 3.50. The van der Waals surface area contributed by atoms with Crippen LogP contribution in [0.2, 0.25) is 0 Å². The number of hydrogen-bond acceptors (Lipinski definition) is 3. The highest BCUT2D eigenvalue weighted by Crippen LogP contribution is 2.11. The van der Waals surface area contributed by atoms with Crippen molar-refractivity contribution < 1.29 is 14.7 Å². The Hall–Kier alpha value is -1.74. The molecule has 0 aromatic rings. The van der Waals surface area contributed by atoms with Crippen LogP contribution in [0, 0.1) is 12.3 Å². The van der Waals surface area contributed by atoms with Gasteiger partial charge in [-0.05, 0) is 32.9 Å². The van der Waals surface area contributed by atoms with E-state index in [2.05, 4.69) is 28.4 Å². The summed E-state index contributed by atoms with van der Waals surface area (Å²) in [6, 6.07) is -1.28. The summed E-state index contributed by atoms with van der Waals surface area (Å²) in [5, 5.41) is 14.0. The number of rotatable bonds is 6. The van der Waals surface area contributed by atoms with E-state index in [9.17, 15) is 9.59 Å². The molecule has 20 heavy (non-hydrogen) atoms. The molecule has 0 saturated carbocycles. The van der Waals surface area contributed by atoms with Gasteiger partial charge in [0.2, 0.25) is 0 Å². The minimum atomic E-state index is -1.12. The molecule has 3 N–H and O–H groups in total. The molecule has 0 aromatic heterocycles. The van der Waals surface area contributed by atoms with Crippen molar-refractivity contribution in [1.82, 2.24) is 15.5 Å². The predicted molar refractivity (Wildman–Crippen MR) is 76.3 cm³/mol. The zero-order chi connectivity index (χ0) is 15.0. The van der Waals surface area contributed by atoms with Crippen LogP contribution in [-0.4, -0.2) is 53.7 Å². The summed E-state index contributed by atoms with van der Waals surface area (Å²) >= 11 is 0. The van der Waals surface area contributed by atoms with Crippen molar-refractivity contribution in [2.45, 2.75) is 44.7 Å². The van der Waals surface area contributed by atoms with Crippen LogP contribution in [0.25, 0.3) is 0 Å². The van der Waals surface area contributed by atoms with Crippen molar-refractivity contribution in [3.63, 3.8) is 0 Å². The summed E-state index contributed by atoms with van der Waals surface area (Å²) in [4.78, 5) is 24.8. The summed E-state index contributed by atoms with van der Waals surface area (Å²) in [5.74, 6) is 1.12. The number of likely N-dealkylation sites (tertiary alicyclic amines) is 1. The molecule has 0 spiro atoms. The van der Waals surface area contributed by atoms with Crippen LogP contribution in [0.1, 0.15) is 32.6 Å². The Labute approximate surface area is 119 Å². The van der Waals surface area contributed by atoms with Crippen LogP contribution in [0.3, 0.4) is 0 Å². The Kier molecular flexibility index (Phi) is 6.88. The maximum atomic E-state index is 11.6.